The van der Waals surface area contributed by atoms with Crippen LogP contribution in [0.3, 0.4) is 0 Å². The molecule has 0 radical (unpaired) electrons. The summed E-state index contributed by atoms with van der Waals surface area (Å²) in [6.07, 6.45) is -2.17. The Morgan fingerprint density at radius 2 is 1.20 bits per heavy atom. The van der Waals surface area contributed by atoms with Crippen molar-refractivity contribution in [1.29, 1.82) is 0 Å². The number of hydrogen-bond acceptors (Lipinski definition) is 7. The summed E-state index contributed by atoms with van der Waals surface area (Å²) in [6, 6.07) is -4.81. The highest BCUT2D eigenvalue weighted by Gasteiger charge is 2.30. The number of carbonyl (C=O) groups is 6. The molecule has 0 heterocycles. The zero-order chi connectivity index (χ0) is 19.7. The maximum absolute atomic E-state index is 12.0. The molecule has 0 aliphatic heterocycles. The Morgan fingerprint density at radius 1 is 0.760 bits per heavy atom. The Bertz CT molecular complexity index is 578. The number of nitrogens with two attached hydrogens (primary N) is 3. The highest BCUT2D eigenvalue weighted by molar-refractivity contribution is 5.96. The molecule has 0 rings (SSSR count). The van der Waals surface area contributed by atoms with Gasteiger partial charge in [0.05, 0.1) is 25.3 Å². The normalized spacial score (nSPS) is 13.8. The van der Waals surface area contributed by atoms with Crippen LogP contribution in [0.2, 0.25) is 0 Å². The van der Waals surface area contributed by atoms with Gasteiger partial charge in [-0.1, -0.05) is 0 Å². The summed E-state index contributed by atoms with van der Waals surface area (Å²) in [7, 11) is 0. The Morgan fingerprint density at radius 3 is 1.60 bits per heavy atom. The molecule has 25 heavy (non-hydrogen) atoms. The van der Waals surface area contributed by atoms with E-state index in [0.29, 0.717) is 0 Å². The largest absolute Gasteiger partial charge is 0.481 e. The molecule has 0 spiro atoms. The lowest BCUT2D eigenvalue weighted by Gasteiger charge is -2.21. The number of aliphatic carboxylic acids is 2. The van der Waals surface area contributed by atoms with Gasteiger partial charge in [0, 0.05) is 0 Å². The van der Waals surface area contributed by atoms with E-state index in [1.807, 2.05) is 10.6 Å². The van der Waals surface area contributed by atoms with Crippen molar-refractivity contribution in [3.05, 3.63) is 0 Å². The van der Waals surface area contributed by atoms with E-state index in [0.717, 1.165) is 0 Å². The number of rotatable bonds is 11. The summed E-state index contributed by atoms with van der Waals surface area (Å²) in [5, 5.41) is 21.4. The highest BCUT2D eigenvalue weighted by atomic mass is 16.4. The van der Waals surface area contributed by atoms with E-state index in [4.69, 9.17) is 27.4 Å². The first kappa shape index (κ1) is 21.8. The van der Waals surface area contributed by atoms with Crippen LogP contribution < -0.4 is 27.8 Å². The van der Waals surface area contributed by atoms with Gasteiger partial charge in [0.25, 0.3) is 0 Å². The van der Waals surface area contributed by atoms with Gasteiger partial charge >= 0.3 is 11.9 Å². The molecule has 0 bridgehead atoms. The molecule has 0 unspecified atom stereocenters. The third-order valence-electron chi connectivity index (χ3n) is 2.79. The number of hydrogen-bond donors (Lipinski definition) is 7. The maximum atomic E-state index is 12.0. The van der Waals surface area contributed by atoms with Crippen molar-refractivity contribution in [1.82, 2.24) is 10.6 Å². The van der Waals surface area contributed by atoms with Crippen LogP contribution in [0.1, 0.15) is 19.3 Å². The topological polar surface area (TPSA) is 245 Å². The second-order valence-corrected chi connectivity index (χ2v) is 5.01. The second kappa shape index (κ2) is 9.82. The Balaban J connectivity index is 5.11. The van der Waals surface area contributed by atoms with Gasteiger partial charge in [-0.25, -0.2) is 4.79 Å². The van der Waals surface area contributed by atoms with Crippen molar-refractivity contribution in [2.24, 2.45) is 17.2 Å². The third kappa shape index (κ3) is 8.85. The lowest BCUT2D eigenvalue weighted by molar-refractivity contribution is -0.144. The van der Waals surface area contributed by atoms with Gasteiger partial charge in [-0.05, 0) is 0 Å². The molecule has 4 amide bonds. The fourth-order valence-electron chi connectivity index (χ4n) is 1.64. The number of primary amides is 2. The monoisotopic (exact) mass is 361 g/mol. The molecule has 140 valence electrons. The van der Waals surface area contributed by atoms with E-state index in [2.05, 4.69) is 0 Å². The van der Waals surface area contributed by atoms with Gasteiger partial charge in [0.1, 0.15) is 12.1 Å². The van der Waals surface area contributed by atoms with E-state index in [9.17, 15) is 28.8 Å². The Labute approximate surface area is 140 Å². The number of amides is 4. The first-order valence-corrected chi connectivity index (χ1v) is 6.81. The number of nitrogens with one attached hydrogen (secondary N) is 2. The van der Waals surface area contributed by atoms with Crippen LogP contribution in [0.15, 0.2) is 0 Å². The molecule has 0 aromatic heterocycles. The fourth-order valence-corrected chi connectivity index (χ4v) is 1.64. The molecule has 0 fully saturated rings. The predicted octanol–water partition coefficient (Wildman–Crippen LogP) is -4.41. The van der Waals surface area contributed by atoms with E-state index in [1.165, 1.54) is 0 Å². The summed E-state index contributed by atoms with van der Waals surface area (Å²) in [5.41, 5.74) is 15.1. The number of carboxylic acid groups (broad SMARTS) is 2. The smallest absolute Gasteiger partial charge is 0.326 e. The van der Waals surface area contributed by atoms with Gasteiger partial charge in [-0.2, -0.15) is 0 Å². The first-order valence-electron chi connectivity index (χ1n) is 6.81. The van der Waals surface area contributed by atoms with Crippen LogP contribution in [0.25, 0.3) is 0 Å². The van der Waals surface area contributed by atoms with Gasteiger partial charge in [0.2, 0.25) is 23.6 Å². The molecule has 13 nitrogen and oxygen atoms in total. The molecule has 0 aromatic carbocycles. The number of carbonyl (C=O) groups excluding carboxylic acids is 4. The van der Waals surface area contributed by atoms with Crippen LogP contribution in [0.4, 0.5) is 0 Å². The summed E-state index contributed by atoms with van der Waals surface area (Å²) in [4.78, 5) is 67.1. The molecule has 3 atom stereocenters. The van der Waals surface area contributed by atoms with Gasteiger partial charge in [0.15, 0.2) is 0 Å². The molecular weight excluding hydrogens is 342 g/mol. The average molecular weight is 361 g/mol. The third-order valence-corrected chi connectivity index (χ3v) is 2.79. The Hall–Kier alpha value is -3.22. The summed E-state index contributed by atoms with van der Waals surface area (Å²) in [6.45, 7) is 0. The molecule has 0 aliphatic carbocycles. The molecule has 0 aliphatic rings. The quantitative estimate of drug-likeness (QED) is 0.187. The fraction of sp³-hybridized carbons (Fsp3) is 0.500. The van der Waals surface area contributed by atoms with Crippen LogP contribution in [0, 0.1) is 0 Å². The molecular formula is C12H19N5O8. The van der Waals surface area contributed by atoms with Gasteiger partial charge < -0.3 is 38.0 Å². The van der Waals surface area contributed by atoms with Crippen LogP contribution in [-0.2, 0) is 28.8 Å². The zero-order valence-corrected chi connectivity index (χ0v) is 12.9. The van der Waals surface area contributed by atoms with E-state index in [-0.39, 0.29) is 0 Å². The SMILES string of the molecule is NC(=O)C[C@H](NC(=O)[C@H](CC(N)=O)NC(=O)[C@@H](N)CC(=O)O)C(=O)O. The van der Waals surface area contributed by atoms with Gasteiger partial charge in [-0.3, -0.25) is 24.0 Å². The van der Waals surface area contributed by atoms with Crippen molar-refractivity contribution < 1.29 is 39.0 Å². The van der Waals surface area contributed by atoms with Crippen LogP contribution in [0.5, 0.6) is 0 Å². The highest BCUT2D eigenvalue weighted by Crippen LogP contribution is 1.99. The van der Waals surface area contributed by atoms with Crippen molar-refractivity contribution in [2.75, 3.05) is 0 Å². The van der Waals surface area contributed by atoms with Crippen molar-refractivity contribution >= 4 is 35.6 Å². The summed E-state index contributed by atoms with van der Waals surface area (Å²) < 4.78 is 0. The van der Waals surface area contributed by atoms with Crippen molar-refractivity contribution in [3.63, 3.8) is 0 Å². The van der Waals surface area contributed by atoms with E-state index < -0.39 is 73.0 Å². The van der Waals surface area contributed by atoms with Crippen molar-refractivity contribution in [3.8, 4) is 0 Å². The second-order valence-electron chi connectivity index (χ2n) is 5.01. The molecule has 0 saturated carbocycles. The van der Waals surface area contributed by atoms with E-state index in [1.54, 1.807) is 0 Å². The van der Waals surface area contributed by atoms with Gasteiger partial charge in [-0.15, -0.1) is 0 Å². The minimum Gasteiger partial charge on any atom is -0.481 e. The molecule has 0 aromatic rings. The molecule has 0 saturated heterocycles. The van der Waals surface area contributed by atoms with Crippen molar-refractivity contribution in [2.45, 2.75) is 37.4 Å². The standard InChI is InChI=1S/C12H19N5O8/c13-4(1-9(20)21)10(22)16-5(2-7(14)18)11(23)17-6(12(24)25)3-8(15)19/h4-6H,1-3,13H2,(H2,14,18)(H2,15,19)(H,16,22)(H,17,23)(H,20,21)(H,24,25)/t4-,5-,6-/m0/s1. The lowest BCUT2D eigenvalue weighted by Crippen LogP contribution is -2.56. The first-order chi connectivity index (χ1) is 11.4. The average Bonchev–Trinajstić information content (AvgIpc) is 2.43. The predicted molar refractivity (Wildman–Crippen MR) is 79.3 cm³/mol. The molecule has 10 N–H and O–H groups in total. The summed E-state index contributed by atoms with van der Waals surface area (Å²) >= 11 is 0. The van der Waals surface area contributed by atoms with Crippen LogP contribution >= 0.6 is 0 Å². The molecule has 13 heteroatoms. The van der Waals surface area contributed by atoms with E-state index >= 15 is 0 Å². The maximum Gasteiger partial charge on any atom is 0.326 e. The number of carboxylic acids is 2. The summed E-state index contributed by atoms with van der Waals surface area (Å²) in [5.74, 6) is -7.15. The zero-order valence-electron chi connectivity index (χ0n) is 12.9. The van der Waals surface area contributed by atoms with Crippen LogP contribution in [-0.4, -0.2) is 63.9 Å². The Kier molecular flexibility index (Phi) is 8.55. The minimum atomic E-state index is -1.69. The lowest BCUT2D eigenvalue weighted by atomic mass is 10.1. The minimum absolute atomic E-state index is 0.708.